The van der Waals surface area contributed by atoms with E-state index in [4.69, 9.17) is 0 Å². The van der Waals surface area contributed by atoms with Gasteiger partial charge in [-0.25, -0.2) is 0 Å². The first-order valence-corrected chi connectivity index (χ1v) is 9.51. The van der Waals surface area contributed by atoms with E-state index in [2.05, 4.69) is 36.1 Å². The maximum atomic E-state index is 9.80. The average molecular weight is 335 g/mol. The van der Waals surface area contributed by atoms with Crippen molar-refractivity contribution in [3.8, 4) is 15.8 Å². The first-order chi connectivity index (χ1) is 9.81. The molecule has 0 radical (unpaired) electrons. The third-order valence-electron chi connectivity index (χ3n) is 3.73. The van der Waals surface area contributed by atoms with Crippen LogP contribution < -0.4 is 0 Å². The number of aromatic hydroxyl groups is 1. The fraction of sp³-hybridized carbons (Fsp3) is 0.444. The van der Waals surface area contributed by atoms with Gasteiger partial charge in [0.25, 0.3) is 0 Å². The van der Waals surface area contributed by atoms with Crippen LogP contribution in [0.1, 0.15) is 51.0 Å². The molecule has 0 spiro atoms. The molecule has 2 rings (SSSR count). The number of aryl methyl sites for hydroxylation is 1. The minimum absolute atomic E-state index is 0.145. The molecular formula is C18H24OSe. The second-order valence-corrected chi connectivity index (χ2v) is 7.23. The first kappa shape index (κ1) is 15.4. The van der Waals surface area contributed by atoms with Crippen LogP contribution in [0.15, 0.2) is 35.3 Å². The van der Waals surface area contributed by atoms with Crippen LogP contribution in [-0.2, 0) is 6.42 Å². The Labute approximate surface area is 128 Å². The number of benzene rings is 1. The van der Waals surface area contributed by atoms with Crippen LogP contribution in [0.5, 0.6) is 4.62 Å². The summed E-state index contributed by atoms with van der Waals surface area (Å²) in [5.41, 5.74) is 3.57. The summed E-state index contributed by atoms with van der Waals surface area (Å²) in [5.74, 6) is 0. The van der Waals surface area contributed by atoms with Crippen LogP contribution in [0.2, 0.25) is 0 Å². The maximum absolute atomic E-state index is 9.80. The first-order valence-electron chi connectivity index (χ1n) is 7.67. The molecule has 0 saturated carbocycles. The Kier molecular flexibility index (Phi) is 6.42. The van der Waals surface area contributed by atoms with Crippen molar-refractivity contribution in [1.82, 2.24) is 0 Å². The molecule has 0 unspecified atom stereocenters. The van der Waals surface area contributed by atoms with Crippen molar-refractivity contribution in [3.63, 3.8) is 0 Å². The third kappa shape index (κ3) is 4.54. The van der Waals surface area contributed by atoms with Gasteiger partial charge in [-0.1, -0.05) is 13.3 Å². The molecule has 0 atom stereocenters. The molecule has 1 N–H and O–H groups in total. The molecule has 108 valence electrons. The van der Waals surface area contributed by atoms with Crippen LogP contribution in [0.4, 0.5) is 0 Å². The van der Waals surface area contributed by atoms with Crippen LogP contribution in [0.25, 0.3) is 11.1 Å². The van der Waals surface area contributed by atoms with E-state index in [-0.39, 0.29) is 14.5 Å². The SMILES string of the molecule is CCCCCCCCc1ccc(-c2cc[se]c2O)cc1. The molecule has 0 aliphatic heterocycles. The van der Waals surface area contributed by atoms with Crippen molar-refractivity contribution >= 4 is 14.5 Å². The molecule has 0 bridgehead atoms. The number of rotatable bonds is 8. The molecular weight excluding hydrogens is 311 g/mol. The van der Waals surface area contributed by atoms with Crippen LogP contribution >= 0.6 is 0 Å². The van der Waals surface area contributed by atoms with Crippen molar-refractivity contribution in [3.05, 3.63) is 40.8 Å². The van der Waals surface area contributed by atoms with Gasteiger partial charge >= 0.3 is 115 Å². The molecule has 0 aliphatic carbocycles. The Morgan fingerprint density at radius 2 is 1.60 bits per heavy atom. The average Bonchev–Trinajstić information content (AvgIpc) is 2.90. The summed E-state index contributed by atoms with van der Waals surface area (Å²) >= 11 is 0.145. The molecule has 1 heterocycles. The molecule has 20 heavy (non-hydrogen) atoms. The van der Waals surface area contributed by atoms with Gasteiger partial charge in [-0.15, -0.1) is 0 Å². The van der Waals surface area contributed by atoms with Gasteiger partial charge in [-0.3, -0.25) is 0 Å². The van der Waals surface area contributed by atoms with E-state index < -0.39 is 0 Å². The molecule has 1 nitrogen and oxygen atoms in total. The van der Waals surface area contributed by atoms with Crippen LogP contribution in [0, 0.1) is 0 Å². The second-order valence-electron chi connectivity index (χ2n) is 5.35. The number of hydrogen-bond acceptors (Lipinski definition) is 1. The van der Waals surface area contributed by atoms with Crippen molar-refractivity contribution in [2.45, 2.75) is 51.9 Å². The Balaban J connectivity index is 1.79. The second kappa shape index (κ2) is 8.34. The van der Waals surface area contributed by atoms with Gasteiger partial charge in [0.15, 0.2) is 0 Å². The minimum atomic E-state index is 0.145. The summed E-state index contributed by atoms with van der Waals surface area (Å²) in [7, 11) is 0. The predicted octanol–water partition coefficient (Wildman–Crippen LogP) is 5.02. The zero-order valence-corrected chi connectivity index (χ0v) is 14.0. The molecule has 1 aromatic heterocycles. The van der Waals surface area contributed by atoms with Crippen LogP contribution in [0.3, 0.4) is 0 Å². The fourth-order valence-corrected chi connectivity index (χ4v) is 3.84. The van der Waals surface area contributed by atoms with E-state index in [0.717, 1.165) is 11.1 Å². The number of unbranched alkanes of at least 4 members (excludes halogenated alkanes) is 5. The quantitative estimate of drug-likeness (QED) is 0.530. The Morgan fingerprint density at radius 3 is 2.25 bits per heavy atom. The van der Waals surface area contributed by atoms with Gasteiger partial charge in [0.1, 0.15) is 0 Å². The van der Waals surface area contributed by atoms with Crippen molar-refractivity contribution in [2.24, 2.45) is 0 Å². The van der Waals surface area contributed by atoms with E-state index in [1.54, 1.807) is 0 Å². The topological polar surface area (TPSA) is 20.2 Å². The summed E-state index contributed by atoms with van der Waals surface area (Å²) in [6.45, 7) is 2.26. The zero-order chi connectivity index (χ0) is 14.2. The molecule has 0 amide bonds. The third-order valence-corrected chi connectivity index (χ3v) is 5.23. The molecule has 0 saturated heterocycles. The Morgan fingerprint density at radius 1 is 0.900 bits per heavy atom. The van der Waals surface area contributed by atoms with E-state index >= 15 is 0 Å². The molecule has 0 aliphatic rings. The van der Waals surface area contributed by atoms with Gasteiger partial charge in [0, 0.05) is 0 Å². The summed E-state index contributed by atoms with van der Waals surface area (Å²) in [6.07, 6.45) is 9.27. The van der Waals surface area contributed by atoms with Gasteiger partial charge in [0.2, 0.25) is 0 Å². The van der Waals surface area contributed by atoms with Gasteiger partial charge in [-0.2, -0.15) is 0 Å². The fourth-order valence-electron chi connectivity index (χ4n) is 2.48. The van der Waals surface area contributed by atoms with Crippen molar-refractivity contribution in [1.29, 1.82) is 0 Å². The molecule has 0 fully saturated rings. The summed E-state index contributed by atoms with van der Waals surface area (Å²) in [6, 6.07) is 10.7. The predicted molar refractivity (Wildman–Crippen MR) is 87.6 cm³/mol. The Hall–Kier alpha value is -0.981. The van der Waals surface area contributed by atoms with E-state index in [9.17, 15) is 5.11 Å². The zero-order valence-electron chi connectivity index (χ0n) is 12.3. The molecule has 2 heteroatoms. The van der Waals surface area contributed by atoms with Crippen LogP contribution in [-0.4, -0.2) is 19.6 Å². The molecule has 1 aromatic carbocycles. The van der Waals surface area contributed by atoms with Crippen molar-refractivity contribution in [2.75, 3.05) is 0 Å². The van der Waals surface area contributed by atoms with E-state index in [1.807, 2.05) is 6.07 Å². The number of hydrogen-bond donors (Lipinski definition) is 1. The monoisotopic (exact) mass is 336 g/mol. The summed E-state index contributed by atoms with van der Waals surface area (Å²) < 4.78 is 0.557. The van der Waals surface area contributed by atoms with Crippen molar-refractivity contribution < 1.29 is 5.11 Å². The summed E-state index contributed by atoms with van der Waals surface area (Å²) in [4.78, 5) is 2.07. The summed E-state index contributed by atoms with van der Waals surface area (Å²) in [5, 5.41) is 9.80. The Bertz CT molecular complexity index is 498. The normalized spacial score (nSPS) is 10.8. The van der Waals surface area contributed by atoms with E-state index in [0.29, 0.717) is 4.62 Å². The standard InChI is InChI=1S/C18H24OSe/c1-2-3-4-5-6-7-8-15-9-11-16(12-10-15)17-13-14-20-18(17)19/h9-14,19H,2-8H2,1H3. The van der Waals surface area contributed by atoms with Gasteiger partial charge < -0.3 is 0 Å². The van der Waals surface area contributed by atoms with Gasteiger partial charge in [0.05, 0.1) is 0 Å². The molecule has 2 aromatic rings. The van der Waals surface area contributed by atoms with E-state index in [1.165, 1.54) is 50.5 Å². The van der Waals surface area contributed by atoms with Gasteiger partial charge in [-0.05, 0) is 0 Å².